The van der Waals surface area contributed by atoms with E-state index in [1.807, 2.05) is 0 Å². The molecule has 0 unspecified atom stereocenters. The molecule has 49 nitrogen and oxygen atoms in total. The second kappa shape index (κ2) is 58.9. The number of fused-ring (bicyclic) bond motifs is 15. The van der Waals surface area contributed by atoms with E-state index in [1.54, 1.807) is 71.9 Å². The lowest BCUT2D eigenvalue weighted by Crippen LogP contribution is -2.63. The van der Waals surface area contributed by atoms with Crippen molar-refractivity contribution in [3.63, 3.8) is 0 Å². The topological polar surface area (TPSA) is 792 Å². The van der Waals surface area contributed by atoms with Crippen molar-refractivity contribution in [3.05, 3.63) is 35.9 Å². The third-order valence-corrected chi connectivity index (χ3v) is 28.2. The standard InChI is InChI=1S/C79H130N30O19S6/c1-9-39(6)58-74(127)106-54-36-134-129-31-49(103-66(119)48(28-42-17-11-10-12-18-42)95-55(111)29-92-62(115)44(20-14-24-89-77(82)83)99-75(128)59(41(8)110)109-72(54)125)67(120)94-40(7)60(113)101-50-32-130-133-35-53(71(124)108-58)102-64(117)46(22-16-26-91-79(86)87)98-69(122)52-34-132-131-33-51(104-65(118)47(27-37(2)3)100-70(50)123)68(121)97-45(21-15-25-90-78(84)85)63(116)96-43(19-13-23-88-76(80)81)61(114)93-30-56(112)107-57(38(4)5)73(126)105-52/h10-12,17-18,37-41,43-54,57-59,110H,9,13-16,19-36H2,1-8H3,(H,92,115)(H,93,114)(H,94,120)(H,95,111)(H,96,116)(H,97,121)(H,98,122)(H,99,128)(H,100,123)(H,101,113)(H,102,117)(H,103,119)(H,104,118)(H,105,126)(H,106,127)(H,107,112)(H,108,124)(H,109,125)(H4,80,81,88)(H4,82,83,89)(H4,84,85,90)(H4,86,87,91)/t39-,40-,41+,43-,44-,45-,46-,47-,48-,49-,50-,51-,52-,53-,54-,57-,58-,59-/m0/s1. The predicted octanol–water partition coefficient (Wildman–Crippen LogP) is -8.38. The lowest BCUT2D eigenvalue weighted by Gasteiger charge is -2.30. The number of carbonyl (C=O) groups is 18. The second-order valence-corrected chi connectivity index (χ2v) is 40.5. The van der Waals surface area contributed by atoms with Crippen molar-refractivity contribution in [2.24, 2.45) is 40.7 Å². The van der Waals surface area contributed by atoms with E-state index in [9.17, 15) is 48.3 Å². The van der Waals surface area contributed by atoms with Gasteiger partial charge in [0.2, 0.25) is 106 Å². The van der Waals surface area contributed by atoms with Crippen molar-refractivity contribution < 1.29 is 91.4 Å². The maximum Gasteiger partial charge on any atom is 0.245 e. The monoisotopic (exact) mass is 1990 g/mol. The number of amides is 18. The molecule has 0 aliphatic carbocycles. The SMILES string of the molecule is CC[C@H](C)[C@@H]1NC(=O)[C@@H]2CSSC[C@H](NC(=O)[C@H](C)NC(=O)[C@@H]3CSSC[C@H](NC1=O)C(=O)N[C@@H]([C@@H](C)O)C(=O)N[C@@H](CCCNC(=N)N)C(=O)NCC(=O)N[C@@H](Cc1ccccc1)C(=O)N3)C(=O)N[C@@H](CC(C)C)C(=O)N[C@H]1CSSC[C@H](NC(=O)[C@H](C(C)C)NC(=O)CNC(=O)[C@H](CCCNC(=N)N)NC(=O)[C@H](CCCNC(=N)N)NC1=O)C(=O)N[C@@H](CCCNC(=N)N)C(=O)N2. The summed E-state index contributed by atoms with van der Waals surface area (Å²) in [5.74, 6) is -25.2. The molecule has 1 aromatic rings. The number of aliphatic hydroxyl groups excluding tert-OH is 1. The van der Waals surface area contributed by atoms with Gasteiger partial charge in [-0.25, -0.2) is 0 Å². The molecule has 4 saturated heterocycles. The third-order valence-electron chi connectivity index (χ3n) is 20.9. The molecule has 0 aromatic heterocycles. The van der Waals surface area contributed by atoms with E-state index in [0.717, 1.165) is 71.7 Å². The van der Waals surface area contributed by atoms with E-state index in [1.165, 1.54) is 6.92 Å². The third kappa shape index (κ3) is 40.9. The lowest BCUT2D eigenvalue weighted by molar-refractivity contribution is -0.137. The largest absolute Gasteiger partial charge is 0.391 e. The predicted molar refractivity (Wildman–Crippen MR) is 510 cm³/mol. The fraction of sp³-hybridized carbons (Fsp3) is 0.646. The molecule has 35 N–H and O–H groups in total. The number of guanidine groups is 4. The van der Waals surface area contributed by atoms with E-state index in [2.05, 4.69) is 117 Å². The quantitative estimate of drug-likeness (QED) is 0.0198. The first-order chi connectivity index (χ1) is 63.4. The number of carbonyl (C=O) groups excluding carboxylic acids is 18. The minimum absolute atomic E-state index is 0.00176. The first-order valence-electron chi connectivity index (χ1n) is 43.6. The van der Waals surface area contributed by atoms with Gasteiger partial charge in [0, 0.05) is 67.1 Å². The maximum absolute atomic E-state index is 15.5. The summed E-state index contributed by atoms with van der Waals surface area (Å²) in [6, 6.07) is -18.2. The van der Waals surface area contributed by atoms with Gasteiger partial charge in [-0.05, 0) is 95.0 Å². The maximum atomic E-state index is 15.5. The van der Waals surface area contributed by atoms with Crippen LogP contribution in [-0.4, -0.2) is 312 Å². The normalized spacial score (nSPS) is 26.7. The van der Waals surface area contributed by atoms with Crippen molar-refractivity contribution in [2.75, 3.05) is 73.8 Å². The van der Waals surface area contributed by atoms with Gasteiger partial charge in [-0.1, -0.05) is 143 Å². The second-order valence-electron chi connectivity index (χ2n) is 32.8. The Bertz CT molecular complexity index is 4290. The smallest absolute Gasteiger partial charge is 0.245 e. The number of hydrogen-bond acceptors (Lipinski definition) is 29. The Balaban J connectivity index is 1.80. The molecule has 6 bridgehead atoms. The van der Waals surface area contributed by atoms with Crippen LogP contribution < -0.4 is 140 Å². The molecule has 134 heavy (non-hydrogen) atoms. The van der Waals surface area contributed by atoms with E-state index < -0.39 is 298 Å². The fourth-order valence-electron chi connectivity index (χ4n) is 13.3. The molecule has 4 aliphatic heterocycles. The van der Waals surface area contributed by atoms with Crippen LogP contribution in [0, 0.1) is 39.4 Å². The Kier molecular flexibility index (Phi) is 49.8. The summed E-state index contributed by atoms with van der Waals surface area (Å²) in [6.07, 6.45) is -2.90. The number of aliphatic hydroxyl groups is 1. The summed E-state index contributed by atoms with van der Waals surface area (Å²) in [7, 11) is 4.94. The molecule has 1 aromatic carbocycles. The molecule has 4 heterocycles. The number of nitrogens with two attached hydrogens (primary N) is 4. The van der Waals surface area contributed by atoms with Gasteiger partial charge in [0.05, 0.1) is 19.2 Å². The molecule has 55 heteroatoms. The fourth-order valence-corrected chi connectivity index (χ4v) is 20.3. The van der Waals surface area contributed by atoms with Crippen molar-refractivity contribution >= 4 is 195 Å². The highest BCUT2D eigenvalue weighted by Gasteiger charge is 2.42. The molecular formula is C79H130N30O19S6. The van der Waals surface area contributed by atoms with Gasteiger partial charge in [0.25, 0.3) is 0 Å². The Morgan fingerprint density at radius 1 is 0.358 bits per heavy atom. The highest BCUT2D eigenvalue weighted by Crippen LogP contribution is 2.28. The van der Waals surface area contributed by atoms with Gasteiger partial charge in [0.1, 0.15) is 96.7 Å². The Morgan fingerprint density at radius 2 is 0.657 bits per heavy atom. The van der Waals surface area contributed by atoms with E-state index in [4.69, 9.17) is 44.6 Å². The minimum atomic E-state index is -1.91. The summed E-state index contributed by atoms with van der Waals surface area (Å²) in [4.78, 5) is 268. The van der Waals surface area contributed by atoms with Gasteiger partial charge in [-0.2, -0.15) is 0 Å². The van der Waals surface area contributed by atoms with Crippen molar-refractivity contribution in [3.8, 4) is 0 Å². The zero-order chi connectivity index (χ0) is 99.4. The van der Waals surface area contributed by atoms with Crippen LogP contribution >= 0.6 is 64.8 Å². The average Bonchev–Trinajstić information content (AvgIpc) is 0.841. The molecule has 0 saturated carbocycles. The zero-order valence-corrected chi connectivity index (χ0v) is 80.7. The number of benzene rings is 1. The van der Waals surface area contributed by atoms with Gasteiger partial charge in [0.15, 0.2) is 23.8 Å². The molecule has 18 amide bonds. The van der Waals surface area contributed by atoms with Crippen molar-refractivity contribution in [2.45, 2.75) is 229 Å². The first-order valence-corrected chi connectivity index (χ1v) is 51.1. The van der Waals surface area contributed by atoms with Gasteiger partial charge < -0.3 is 145 Å². The molecule has 746 valence electrons. The first kappa shape index (κ1) is 113. The minimum Gasteiger partial charge on any atom is -0.391 e. The lowest BCUT2D eigenvalue weighted by atomic mass is 9.97. The Labute approximate surface area is 799 Å². The Hall–Kier alpha value is -11.2. The molecule has 0 spiro atoms. The van der Waals surface area contributed by atoms with Crippen LogP contribution in [-0.2, 0) is 92.7 Å². The average molecular weight is 2000 g/mol. The van der Waals surface area contributed by atoms with E-state index in [-0.39, 0.29) is 96.8 Å². The van der Waals surface area contributed by atoms with Crippen LogP contribution in [0.1, 0.15) is 125 Å². The zero-order valence-electron chi connectivity index (χ0n) is 75.8. The van der Waals surface area contributed by atoms with E-state index in [0.29, 0.717) is 5.56 Å². The van der Waals surface area contributed by atoms with Gasteiger partial charge >= 0.3 is 0 Å². The molecule has 18 atom stereocenters. The molecule has 4 fully saturated rings. The molecule has 4 aliphatic rings. The highest BCUT2D eigenvalue weighted by atomic mass is 33.1. The number of nitrogens with one attached hydrogen (secondary N) is 26. The van der Waals surface area contributed by atoms with Crippen LogP contribution in [0.25, 0.3) is 0 Å². The summed E-state index contributed by atoms with van der Waals surface area (Å²) in [5, 5.41) is 99.6. The summed E-state index contributed by atoms with van der Waals surface area (Å²) in [5.41, 5.74) is 22.8. The number of hydrogen-bond donors (Lipinski definition) is 31. The summed E-state index contributed by atoms with van der Waals surface area (Å²) < 4.78 is 0. The van der Waals surface area contributed by atoms with E-state index >= 15 is 43.2 Å². The van der Waals surface area contributed by atoms with Crippen LogP contribution in [0.3, 0.4) is 0 Å². The summed E-state index contributed by atoms with van der Waals surface area (Å²) in [6.45, 7) is 10.3. The Morgan fingerprint density at radius 3 is 1.03 bits per heavy atom. The van der Waals surface area contributed by atoms with Gasteiger partial charge in [-0.15, -0.1) is 0 Å². The van der Waals surface area contributed by atoms with Crippen LogP contribution in [0.15, 0.2) is 30.3 Å². The highest BCUT2D eigenvalue weighted by molar-refractivity contribution is 8.77. The van der Waals surface area contributed by atoms with Crippen LogP contribution in [0.5, 0.6) is 0 Å². The van der Waals surface area contributed by atoms with Crippen molar-refractivity contribution in [1.29, 1.82) is 21.6 Å². The van der Waals surface area contributed by atoms with Crippen molar-refractivity contribution in [1.82, 2.24) is 117 Å². The summed E-state index contributed by atoms with van der Waals surface area (Å²) >= 11 is 0. The van der Waals surface area contributed by atoms with Crippen LogP contribution in [0.4, 0.5) is 0 Å². The van der Waals surface area contributed by atoms with Crippen LogP contribution in [0.2, 0.25) is 0 Å². The molecule has 0 radical (unpaired) electrons. The van der Waals surface area contributed by atoms with Gasteiger partial charge in [-0.3, -0.25) is 108 Å². The number of rotatable bonds is 24. The molecule has 5 rings (SSSR count). The molecular weight excluding hydrogens is 1870 g/mol.